The molecule has 1 amide bonds. The third-order valence-electron chi connectivity index (χ3n) is 4.38. The minimum Gasteiger partial charge on any atom is -0.497 e. The van der Waals surface area contributed by atoms with Gasteiger partial charge in [0.2, 0.25) is 5.91 Å². The molecule has 0 saturated carbocycles. The maximum atomic E-state index is 13.9. The Kier molecular flexibility index (Phi) is 5.25. The van der Waals surface area contributed by atoms with Crippen LogP contribution < -0.4 is 4.74 Å². The van der Waals surface area contributed by atoms with E-state index in [1.54, 1.807) is 24.1 Å². The van der Waals surface area contributed by atoms with Crippen LogP contribution in [0.15, 0.2) is 42.5 Å². The summed E-state index contributed by atoms with van der Waals surface area (Å²) in [5, 5.41) is 0.0254. The number of morpholine rings is 1. The SMILES string of the molecule is COc1ccc(CN2C(=O)CO[C@H](C)[C@H]2c2cccc(F)c2Cl)cc1. The molecule has 25 heavy (non-hydrogen) atoms. The van der Waals surface area contributed by atoms with Crippen molar-refractivity contribution < 1.29 is 18.7 Å². The summed E-state index contributed by atoms with van der Waals surface area (Å²) < 4.78 is 24.6. The first-order chi connectivity index (χ1) is 12.0. The second-order valence-electron chi connectivity index (χ2n) is 5.97. The van der Waals surface area contributed by atoms with Crippen molar-refractivity contribution in [3.8, 4) is 5.75 Å². The van der Waals surface area contributed by atoms with Crippen LogP contribution in [0, 0.1) is 5.82 Å². The molecular weight excluding hydrogens is 345 g/mol. The number of methoxy groups -OCH3 is 1. The Balaban J connectivity index is 1.94. The number of amides is 1. The molecule has 0 radical (unpaired) electrons. The predicted octanol–water partition coefficient (Wildman–Crippen LogP) is 3.98. The summed E-state index contributed by atoms with van der Waals surface area (Å²) in [4.78, 5) is 14.2. The summed E-state index contributed by atoms with van der Waals surface area (Å²) in [7, 11) is 1.60. The third-order valence-corrected chi connectivity index (χ3v) is 4.78. The molecule has 4 nitrogen and oxygen atoms in total. The van der Waals surface area contributed by atoms with Crippen LogP contribution >= 0.6 is 11.6 Å². The molecular formula is C19H19ClFNO3. The molecule has 0 unspecified atom stereocenters. The molecule has 2 aromatic rings. The minimum atomic E-state index is -0.506. The van der Waals surface area contributed by atoms with Gasteiger partial charge in [0.05, 0.1) is 24.3 Å². The van der Waals surface area contributed by atoms with Crippen molar-refractivity contribution in [2.24, 2.45) is 0 Å². The van der Waals surface area contributed by atoms with E-state index >= 15 is 0 Å². The van der Waals surface area contributed by atoms with Crippen molar-refractivity contribution in [1.29, 1.82) is 0 Å². The Labute approximate surface area is 151 Å². The van der Waals surface area contributed by atoms with Gasteiger partial charge < -0.3 is 14.4 Å². The largest absolute Gasteiger partial charge is 0.497 e. The molecule has 3 rings (SSSR count). The number of rotatable bonds is 4. The highest BCUT2D eigenvalue weighted by Crippen LogP contribution is 2.36. The monoisotopic (exact) mass is 363 g/mol. The summed E-state index contributed by atoms with van der Waals surface area (Å²) in [6, 6.07) is 11.7. The summed E-state index contributed by atoms with van der Waals surface area (Å²) in [5.41, 5.74) is 1.50. The molecule has 1 aliphatic heterocycles. The number of carbonyl (C=O) groups is 1. The number of ether oxygens (including phenoxy) is 2. The van der Waals surface area contributed by atoms with E-state index in [1.165, 1.54) is 6.07 Å². The van der Waals surface area contributed by atoms with Gasteiger partial charge in [-0.15, -0.1) is 0 Å². The van der Waals surface area contributed by atoms with Crippen molar-refractivity contribution >= 4 is 17.5 Å². The molecule has 0 bridgehead atoms. The maximum Gasteiger partial charge on any atom is 0.249 e. The third kappa shape index (κ3) is 3.62. The van der Waals surface area contributed by atoms with Crippen molar-refractivity contribution in [3.63, 3.8) is 0 Å². The molecule has 0 N–H and O–H groups in total. The molecule has 1 heterocycles. The zero-order valence-electron chi connectivity index (χ0n) is 14.0. The molecule has 6 heteroatoms. The van der Waals surface area contributed by atoms with Crippen LogP contribution in [0.1, 0.15) is 24.1 Å². The van der Waals surface area contributed by atoms with Crippen LogP contribution in [0.5, 0.6) is 5.75 Å². The standard InChI is InChI=1S/C19H19ClFNO3/c1-12-19(15-4-3-5-16(21)18(15)20)22(17(23)11-25-12)10-13-6-8-14(24-2)9-7-13/h3-9,12,19H,10-11H2,1-2H3/t12-,19+/m1/s1. The van der Waals surface area contributed by atoms with Crippen LogP contribution in [0.4, 0.5) is 4.39 Å². The highest BCUT2D eigenvalue weighted by Gasteiger charge is 2.36. The number of carbonyl (C=O) groups excluding carboxylic acids is 1. The molecule has 132 valence electrons. The van der Waals surface area contributed by atoms with E-state index < -0.39 is 11.9 Å². The average Bonchev–Trinajstić information content (AvgIpc) is 2.62. The van der Waals surface area contributed by atoms with Crippen LogP contribution in [0.3, 0.4) is 0 Å². The number of hydrogen-bond donors (Lipinski definition) is 0. The van der Waals surface area contributed by atoms with E-state index in [4.69, 9.17) is 21.1 Å². The lowest BCUT2D eigenvalue weighted by molar-refractivity contribution is -0.157. The lowest BCUT2D eigenvalue weighted by Crippen LogP contribution is -2.47. The normalized spacial score (nSPS) is 20.6. The highest BCUT2D eigenvalue weighted by molar-refractivity contribution is 6.31. The fourth-order valence-electron chi connectivity index (χ4n) is 3.07. The van der Waals surface area contributed by atoms with Gasteiger partial charge in [-0.25, -0.2) is 4.39 Å². The molecule has 0 aliphatic carbocycles. The second-order valence-corrected chi connectivity index (χ2v) is 6.35. The van der Waals surface area contributed by atoms with E-state index in [0.717, 1.165) is 11.3 Å². The summed E-state index contributed by atoms with van der Waals surface area (Å²) >= 11 is 6.16. The Morgan fingerprint density at radius 1 is 1.28 bits per heavy atom. The Morgan fingerprint density at radius 3 is 2.68 bits per heavy atom. The second kappa shape index (κ2) is 7.42. The van der Waals surface area contributed by atoms with Crippen molar-refractivity contribution in [3.05, 3.63) is 64.4 Å². The van der Waals surface area contributed by atoms with Gasteiger partial charge in [-0.3, -0.25) is 4.79 Å². The van der Waals surface area contributed by atoms with Gasteiger partial charge in [-0.1, -0.05) is 35.9 Å². The van der Waals surface area contributed by atoms with E-state index in [0.29, 0.717) is 12.1 Å². The lowest BCUT2D eigenvalue weighted by atomic mass is 9.97. The fraction of sp³-hybridized carbons (Fsp3) is 0.316. The summed E-state index contributed by atoms with van der Waals surface area (Å²) in [5.74, 6) is 0.0863. The Bertz CT molecular complexity index is 766. The zero-order chi connectivity index (χ0) is 18.0. The molecule has 2 aromatic carbocycles. The van der Waals surface area contributed by atoms with Gasteiger partial charge >= 0.3 is 0 Å². The minimum absolute atomic E-state index is 0.000750. The number of benzene rings is 2. The molecule has 0 aromatic heterocycles. The maximum absolute atomic E-state index is 13.9. The molecule has 2 atom stereocenters. The quantitative estimate of drug-likeness (QED) is 0.824. The molecule has 1 aliphatic rings. The summed E-state index contributed by atoms with van der Waals surface area (Å²) in [6.07, 6.45) is -0.296. The first-order valence-corrected chi connectivity index (χ1v) is 8.37. The Morgan fingerprint density at radius 2 is 2.00 bits per heavy atom. The predicted molar refractivity (Wildman–Crippen MR) is 93.1 cm³/mol. The Hall–Kier alpha value is -2.11. The van der Waals surface area contributed by atoms with Crippen LogP contribution in [-0.4, -0.2) is 30.6 Å². The van der Waals surface area contributed by atoms with Crippen molar-refractivity contribution in [2.45, 2.75) is 25.6 Å². The van der Waals surface area contributed by atoms with Crippen molar-refractivity contribution in [2.75, 3.05) is 13.7 Å². The average molecular weight is 364 g/mol. The van der Waals surface area contributed by atoms with Gasteiger partial charge in [0.25, 0.3) is 0 Å². The van der Waals surface area contributed by atoms with E-state index in [-0.39, 0.29) is 23.6 Å². The number of hydrogen-bond acceptors (Lipinski definition) is 3. The highest BCUT2D eigenvalue weighted by atomic mass is 35.5. The van der Waals surface area contributed by atoms with E-state index in [1.807, 2.05) is 31.2 Å². The fourth-order valence-corrected chi connectivity index (χ4v) is 3.31. The van der Waals surface area contributed by atoms with Crippen LogP contribution in [-0.2, 0) is 16.1 Å². The molecule has 1 fully saturated rings. The van der Waals surface area contributed by atoms with Gasteiger partial charge in [0.1, 0.15) is 18.2 Å². The smallest absolute Gasteiger partial charge is 0.249 e. The number of nitrogens with zero attached hydrogens (tertiary/aromatic N) is 1. The van der Waals surface area contributed by atoms with Gasteiger partial charge in [-0.05, 0) is 36.2 Å². The van der Waals surface area contributed by atoms with Gasteiger partial charge in [-0.2, -0.15) is 0 Å². The zero-order valence-corrected chi connectivity index (χ0v) is 14.8. The topological polar surface area (TPSA) is 38.8 Å². The molecule has 1 saturated heterocycles. The van der Waals surface area contributed by atoms with Gasteiger partial charge in [0.15, 0.2) is 0 Å². The lowest BCUT2D eigenvalue weighted by Gasteiger charge is -2.40. The van der Waals surface area contributed by atoms with E-state index in [2.05, 4.69) is 0 Å². The van der Waals surface area contributed by atoms with Crippen LogP contribution in [0.2, 0.25) is 5.02 Å². The first-order valence-electron chi connectivity index (χ1n) is 7.99. The van der Waals surface area contributed by atoms with Gasteiger partial charge in [0, 0.05) is 6.54 Å². The molecule has 0 spiro atoms. The van der Waals surface area contributed by atoms with Crippen LogP contribution in [0.25, 0.3) is 0 Å². The first kappa shape index (κ1) is 17.7. The van der Waals surface area contributed by atoms with E-state index in [9.17, 15) is 9.18 Å². The summed E-state index contributed by atoms with van der Waals surface area (Å²) in [6.45, 7) is 2.24. The number of halogens is 2. The van der Waals surface area contributed by atoms with Crippen molar-refractivity contribution in [1.82, 2.24) is 4.90 Å².